The highest BCUT2D eigenvalue weighted by Crippen LogP contribution is 2.19. The van der Waals surface area contributed by atoms with Crippen LogP contribution in [0.15, 0.2) is 35.1 Å². The third-order valence-corrected chi connectivity index (χ3v) is 2.20. The average molecular weight is 231 g/mol. The van der Waals surface area contributed by atoms with E-state index in [9.17, 15) is 14.9 Å². The fourth-order valence-electron chi connectivity index (χ4n) is 1.48. The first-order valence-corrected chi connectivity index (χ1v) is 4.89. The molecule has 0 saturated carbocycles. The van der Waals surface area contributed by atoms with Gasteiger partial charge in [0, 0.05) is 29.5 Å². The van der Waals surface area contributed by atoms with Crippen LogP contribution in [0.25, 0.3) is 11.4 Å². The van der Waals surface area contributed by atoms with Crippen molar-refractivity contribution in [2.45, 2.75) is 6.92 Å². The van der Waals surface area contributed by atoms with Crippen molar-refractivity contribution in [3.8, 4) is 11.4 Å². The van der Waals surface area contributed by atoms with E-state index in [1.165, 1.54) is 18.2 Å². The average Bonchev–Trinajstić information content (AvgIpc) is 2.28. The molecule has 0 amide bonds. The van der Waals surface area contributed by atoms with Crippen LogP contribution in [0.5, 0.6) is 0 Å². The van der Waals surface area contributed by atoms with Crippen LogP contribution in [0.4, 0.5) is 5.69 Å². The highest BCUT2D eigenvalue weighted by Gasteiger charge is 2.08. The summed E-state index contributed by atoms with van der Waals surface area (Å²) in [5, 5.41) is 10.6. The monoisotopic (exact) mass is 231 g/mol. The van der Waals surface area contributed by atoms with Crippen LogP contribution < -0.4 is 5.56 Å². The molecule has 2 aromatic rings. The van der Waals surface area contributed by atoms with Crippen molar-refractivity contribution in [3.63, 3.8) is 0 Å². The highest BCUT2D eigenvalue weighted by atomic mass is 16.6. The van der Waals surface area contributed by atoms with Crippen molar-refractivity contribution < 1.29 is 4.92 Å². The second-order valence-electron chi connectivity index (χ2n) is 3.54. The second-order valence-corrected chi connectivity index (χ2v) is 3.54. The molecular formula is C11H9N3O3. The minimum atomic E-state index is -0.489. The summed E-state index contributed by atoms with van der Waals surface area (Å²) in [6.45, 7) is 1.69. The molecule has 0 aliphatic heterocycles. The first kappa shape index (κ1) is 11.0. The molecule has 1 aromatic heterocycles. The number of hydrogen-bond acceptors (Lipinski definition) is 4. The molecule has 1 aromatic carbocycles. The molecule has 6 nitrogen and oxygen atoms in total. The Labute approximate surface area is 96.1 Å². The van der Waals surface area contributed by atoms with Crippen LogP contribution in [0.1, 0.15) is 5.69 Å². The van der Waals surface area contributed by atoms with Crippen LogP contribution in [0.2, 0.25) is 0 Å². The molecular weight excluding hydrogens is 222 g/mol. The molecule has 1 N–H and O–H groups in total. The Hall–Kier alpha value is -2.50. The third-order valence-electron chi connectivity index (χ3n) is 2.20. The molecule has 0 atom stereocenters. The molecule has 0 saturated heterocycles. The van der Waals surface area contributed by atoms with Gasteiger partial charge in [-0.15, -0.1) is 0 Å². The molecule has 6 heteroatoms. The van der Waals surface area contributed by atoms with E-state index in [-0.39, 0.29) is 11.2 Å². The van der Waals surface area contributed by atoms with Crippen molar-refractivity contribution >= 4 is 5.69 Å². The summed E-state index contributed by atoms with van der Waals surface area (Å²) in [4.78, 5) is 28.1. The number of nitrogens with one attached hydrogen (secondary N) is 1. The number of nitro benzene ring substituents is 1. The lowest BCUT2D eigenvalue weighted by molar-refractivity contribution is -0.384. The van der Waals surface area contributed by atoms with E-state index in [4.69, 9.17) is 0 Å². The molecule has 0 unspecified atom stereocenters. The Kier molecular flexibility index (Phi) is 2.70. The van der Waals surface area contributed by atoms with Gasteiger partial charge in [0.25, 0.3) is 11.2 Å². The molecule has 86 valence electrons. The third kappa shape index (κ3) is 2.36. The van der Waals surface area contributed by atoms with E-state index in [0.29, 0.717) is 17.1 Å². The summed E-state index contributed by atoms with van der Waals surface area (Å²) in [7, 11) is 0. The molecule has 0 radical (unpaired) electrons. The zero-order chi connectivity index (χ0) is 12.4. The predicted molar refractivity (Wildman–Crippen MR) is 61.7 cm³/mol. The highest BCUT2D eigenvalue weighted by molar-refractivity contribution is 5.58. The molecule has 1 heterocycles. The number of nitrogens with zero attached hydrogens (tertiary/aromatic N) is 2. The van der Waals surface area contributed by atoms with E-state index in [1.54, 1.807) is 19.1 Å². The van der Waals surface area contributed by atoms with E-state index in [2.05, 4.69) is 9.97 Å². The molecule has 0 bridgehead atoms. The number of aromatic nitrogens is 2. The van der Waals surface area contributed by atoms with Crippen LogP contribution in [0, 0.1) is 17.0 Å². The number of nitro groups is 1. The number of rotatable bonds is 2. The standard InChI is InChI=1S/C11H9N3O3/c1-7-5-10(15)13-11(12-7)8-3-2-4-9(6-8)14(16)17/h2-6H,1H3,(H,12,13,15). The molecule has 0 fully saturated rings. The lowest BCUT2D eigenvalue weighted by Crippen LogP contribution is -2.08. The van der Waals surface area contributed by atoms with Crippen molar-refractivity contribution in [2.75, 3.05) is 0 Å². The summed E-state index contributed by atoms with van der Waals surface area (Å²) in [6.07, 6.45) is 0. The van der Waals surface area contributed by atoms with E-state index in [1.807, 2.05) is 0 Å². The normalized spacial score (nSPS) is 10.2. The van der Waals surface area contributed by atoms with Gasteiger partial charge in [0.2, 0.25) is 0 Å². The van der Waals surface area contributed by atoms with E-state index in [0.717, 1.165) is 0 Å². The van der Waals surface area contributed by atoms with Gasteiger partial charge in [0.15, 0.2) is 0 Å². The summed E-state index contributed by atoms with van der Waals surface area (Å²) in [5.74, 6) is 0.332. The minimum Gasteiger partial charge on any atom is -0.307 e. The van der Waals surface area contributed by atoms with Crippen LogP contribution in [-0.4, -0.2) is 14.9 Å². The largest absolute Gasteiger partial charge is 0.307 e. The summed E-state index contributed by atoms with van der Waals surface area (Å²) >= 11 is 0. The van der Waals surface area contributed by atoms with Gasteiger partial charge in [-0.05, 0) is 6.92 Å². The lowest BCUT2D eigenvalue weighted by Gasteiger charge is -2.01. The van der Waals surface area contributed by atoms with Crippen LogP contribution >= 0.6 is 0 Å². The summed E-state index contributed by atoms with van der Waals surface area (Å²) < 4.78 is 0. The SMILES string of the molecule is Cc1cc(=O)[nH]c(-c2cccc([N+](=O)[O-])c2)n1. The minimum absolute atomic E-state index is 0.0355. The Morgan fingerprint density at radius 3 is 2.76 bits per heavy atom. The zero-order valence-electron chi connectivity index (χ0n) is 9.01. The van der Waals surface area contributed by atoms with Crippen LogP contribution in [0.3, 0.4) is 0 Å². The van der Waals surface area contributed by atoms with E-state index < -0.39 is 4.92 Å². The fourth-order valence-corrected chi connectivity index (χ4v) is 1.48. The maximum absolute atomic E-state index is 11.3. The smallest absolute Gasteiger partial charge is 0.270 e. The van der Waals surface area contributed by atoms with Crippen molar-refractivity contribution in [3.05, 3.63) is 56.5 Å². The first-order chi connectivity index (χ1) is 8.06. The van der Waals surface area contributed by atoms with Crippen molar-refractivity contribution in [1.29, 1.82) is 0 Å². The summed E-state index contributed by atoms with van der Waals surface area (Å²) in [5.41, 5.74) is 0.765. The van der Waals surface area contributed by atoms with Crippen LogP contribution in [-0.2, 0) is 0 Å². The quantitative estimate of drug-likeness (QED) is 0.628. The number of aromatic amines is 1. The molecule has 0 aliphatic rings. The summed E-state index contributed by atoms with van der Waals surface area (Å²) in [6, 6.07) is 7.33. The van der Waals surface area contributed by atoms with Gasteiger partial charge in [-0.2, -0.15) is 0 Å². The number of H-pyrrole nitrogens is 1. The van der Waals surface area contributed by atoms with Gasteiger partial charge < -0.3 is 4.98 Å². The molecule has 2 rings (SSSR count). The van der Waals surface area contributed by atoms with Gasteiger partial charge in [-0.3, -0.25) is 14.9 Å². The van der Waals surface area contributed by atoms with Crippen molar-refractivity contribution in [1.82, 2.24) is 9.97 Å². The maximum atomic E-state index is 11.3. The van der Waals surface area contributed by atoms with Gasteiger partial charge in [-0.1, -0.05) is 12.1 Å². The Balaban J connectivity index is 2.56. The Morgan fingerprint density at radius 2 is 2.12 bits per heavy atom. The van der Waals surface area contributed by atoms with Gasteiger partial charge in [0.05, 0.1) is 4.92 Å². The maximum Gasteiger partial charge on any atom is 0.270 e. The lowest BCUT2D eigenvalue weighted by atomic mass is 10.2. The number of hydrogen-bond donors (Lipinski definition) is 1. The number of benzene rings is 1. The van der Waals surface area contributed by atoms with Gasteiger partial charge >= 0.3 is 0 Å². The van der Waals surface area contributed by atoms with Gasteiger partial charge in [0.1, 0.15) is 5.82 Å². The topological polar surface area (TPSA) is 88.9 Å². The number of non-ortho nitro benzene ring substituents is 1. The Morgan fingerprint density at radius 1 is 1.35 bits per heavy atom. The molecule has 0 aliphatic carbocycles. The zero-order valence-corrected chi connectivity index (χ0v) is 9.01. The molecule has 17 heavy (non-hydrogen) atoms. The predicted octanol–water partition coefficient (Wildman–Crippen LogP) is 1.65. The second kappa shape index (κ2) is 4.17. The fraction of sp³-hybridized carbons (Fsp3) is 0.0909. The first-order valence-electron chi connectivity index (χ1n) is 4.89. The van der Waals surface area contributed by atoms with Crippen molar-refractivity contribution in [2.24, 2.45) is 0 Å². The Bertz CT molecular complexity index is 634. The molecule has 0 spiro atoms. The number of aryl methyl sites for hydroxylation is 1. The van der Waals surface area contributed by atoms with E-state index >= 15 is 0 Å². The van der Waals surface area contributed by atoms with Gasteiger partial charge in [-0.25, -0.2) is 4.98 Å².